The molecule has 2 aromatic rings. The first-order valence-electron chi connectivity index (χ1n) is 5.85. The molecule has 1 amide bonds. The first-order valence-corrected chi connectivity index (χ1v) is 6.66. The summed E-state index contributed by atoms with van der Waals surface area (Å²) in [5.41, 5.74) is 8.23. The van der Waals surface area contributed by atoms with E-state index in [1.54, 1.807) is 6.92 Å². The van der Waals surface area contributed by atoms with Gasteiger partial charge in [-0.05, 0) is 31.5 Å². The zero-order valence-electron chi connectivity index (χ0n) is 10.5. The number of hydrogen-bond donors (Lipinski definition) is 2. The van der Waals surface area contributed by atoms with Crippen molar-refractivity contribution in [1.82, 2.24) is 4.98 Å². The number of amides is 1. The molecule has 0 saturated carbocycles. The molecule has 1 aliphatic heterocycles. The molecule has 0 saturated heterocycles. The predicted molar refractivity (Wildman–Crippen MR) is 73.7 cm³/mol. The Balaban J connectivity index is 2.26. The Morgan fingerprint density at radius 2 is 2.21 bits per heavy atom. The Bertz CT molecular complexity index is 695. The van der Waals surface area contributed by atoms with Crippen LogP contribution in [-0.2, 0) is 4.79 Å². The van der Waals surface area contributed by atoms with Crippen LogP contribution in [0.2, 0.25) is 0 Å². The van der Waals surface area contributed by atoms with E-state index in [0.29, 0.717) is 27.6 Å². The van der Waals surface area contributed by atoms with E-state index in [2.05, 4.69) is 10.3 Å². The van der Waals surface area contributed by atoms with E-state index in [4.69, 9.17) is 5.73 Å². The van der Waals surface area contributed by atoms with E-state index < -0.39 is 0 Å². The Labute approximate surface area is 113 Å². The number of nitrogens with two attached hydrogens (primary N) is 1. The first-order chi connectivity index (χ1) is 8.97. The monoisotopic (exact) mass is 277 g/mol. The summed E-state index contributed by atoms with van der Waals surface area (Å²) < 4.78 is 13.8. The molecule has 0 spiro atoms. The number of halogens is 1. The molecule has 0 bridgehead atoms. The van der Waals surface area contributed by atoms with Gasteiger partial charge in [-0.3, -0.25) is 4.79 Å². The molecular formula is C13H12FN3OS. The molecule has 98 valence electrons. The lowest BCUT2D eigenvalue weighted by Crippen LogP contribution is -2.08. The van der Waals surface area contributed by atoms with Crippen LogP contribution >= 0.6 is 11.3 Å². The van der Waals surface area contributed by atoms with Gasteiger partial charge in [-0.1, -0.05) is 0 Å². The molecule has 1 aliphatic rings. The quantitative estimate of drug-likeness (QED) is 0.842. The van der Waals surface area contributed by atoms with Crippen molar-refractivity contribution >= 4 is 28.1 Å². The van der Waals surface area contributed by atoms with E-state index in [9.17, 15) is 9.18 Å². The van der Waals surface area contributed by atoms with Gasteiger partial charge in [0.05, 0.1) is 17.3 Å². The predicted octanol–water partition coefficient (Wildman–Crippen LogP) is 2.90. The van der Waals surface area contributed by atoms with Crippen LogP contribution in [0.15, 0.2) is 12.1 Å². The van der Waals surface area contributed by atoms with Gasteiger partial charge < -0.3 is 11.1 Å². The lowest BCUT2D eigenvalue weighted by molar-refractivity contribution is -0.116. The Morgan fingerprint density at radius 1 is 1.47 bits per heavy atom. The second-order valence-corrected chi connectivity index (χ2v) is 5.82. The summed E-state index contributed by atoms with van der Waals surface area (Å²) in [6, 6.07) is 2.78. The number of fused-ring (bicyclic) bond motifs is 1. The van der Waals surface area contributed by atoms with Gasteiger partial charge in [0.15, 0.2) is 5.13 Å². The second kappa shape index (κ2) is 4.03. The number of aryl methyl sites for hydroxylation is 1. The number of nitrogens with one attached hydrogen (secondary N) is 1. The molecule has 1 unspecified atom stereocenters. The Morgan fingerprint density at radius 3 is 2.84 bits per heavy atom. The summed E-state index contributed by atoms with van der Waals surface area (Å²) in [6.07, 6.45) is 0. The van der Waals surface area contributed by atoms with Crippen molar-refractivity contribution in [2.45, 2.75) is 19.8 Å². The lowest BCUT2D eigenvalue weighted by atomic mass is 9.98. The van der Waals surface area contributed by atoms with Crippen LogP contribution < -0.4 is 11.1 Å². The number of rotatable bonds is 1. The number of hydrogen-bond acceptors (Lipinski definition) is 4. The van der Waals surface area contributed by atoms with E-state index >= 15 is 0 Å². The fraction of sp³-hybridized carbons (Fsp3) is 0.231. The molecule has 0 aliphatic carbocycles. The Hall–Kier alpha value is -1.95. The normalized spacial score (nSPS) is 17.4. The minimum Gasteiger partial charge on any atom is -0.375 e. The highest BCUT2D eigenvalue weighted by Gasteiger charge is 2.30. The third-order valence-electron chi connectivity index (χ3n) is 3.31. The maximum absolute atomic E-state index is 13.8. The number of carbonyl (C=O) groups is 1. The zero-order valence-corrected chi connectivity index (χ0v) is 11.3. The smallest absolute Gasteiger partial charge is 0.231 e. The third kappa shape index (κ3) is 1.79. The van der Waals surface area contributed by atoms with Crippen LogP contribution in [0.1, 0.15) is 23.3 Å². The molecule has 3 rings (SSSR count). The zero-order chi connectivity index (χ0) is 13.7. The third-order valence-corrected chi connectivity index (χ3v) is 4.11. The summed E-state index contributed by atoms with van der Waals surface area (Å²) in [5.74, 6) is -0.841. The highest BCUT2D eigenvalue weighted by molar-refractivity contribution is 7.15. The highest BCUT2D eigenvalue weighted by Crippen LogP contribution is 2.42. The van der Waals surface area contributed by atoms with Crippen molar-refractivity contribution in [3.63, 3.8) is 0 Å². The molecule has 3 N–H and O–H groups in total. The van der Waals surface area contributed by atoms with Crippen molar-refractivity contribution in [1.29, 1.82) is 0 Å². The molecule has 6 heteroatoms. The van der Waals surface area contributed by atoms with Gasteiger partial charge >= 0.3 is 0 Å². The summed E-state index contributed by atoms with van der Waals surface area (Å²) in [4.78, 5) is 16.9. The lowest BCUT2D eigenvalue weighted by Gasteiger charge is -2.08. The van der Waals surface area contributed by atoms with Gasteiger partial charge in [0.2, 0.25) is 5.91 Å². The first kappa shape index (κ1) is 12.1. The number of thiazole rings is 1. The van der Waals surface area contributed by atoms with Crippen LogP contribution in [0.5, 0.6) is 0 Å². The maximum Gasteiger partial charge on any atom is 0.231 e. The average molecular weight is 277 g/mol. The molecule has 1 atom stereocenters. The molecule has 0 radical (unpaired) electrons. The summed E-state index contributed by atoms with van der Waals surface area (Å²) in [6.45, 7) is 3.63. The summed E-state index contributed by atoms with van der Waals surface area (Å²) in [7, 11) is 0. The van der Waals surface area contributed by atoms with E-state index in [1.807, 2.05) is 6.92 Å². The fourth-order valence-electron chi connectivity index (χ4n) is 2.34. The average Bonchev–Trinajstić information content (AvgIpc) is 2.81. The fourth-order valence-corrected chi connectivity index (χ4v) is 3.04. The van der Waals surface area contributed by atoms with Crippen LogP contribution in [-0.4, -0.2) is 10.9 Å². The maximum atomic E-state index is 13.8. The molecule has 2 heterocycles. The molecule has 1 aromatic carbocycles. The van der Waals surface area contributed by atoms with Crippen molar-refractivity contribution in [2.75, 3.05) is 11.1 Å². The minimum absolute atomic E-state index is 0.122. The van der Waals surface area contributed by atoms with Crippen LogP contribution in [0.3, 0.4) is 0 Å². The van der Waals surface area contributed by atoms with Gasteiger partial charge in [0.25, 0.3) is 0 Å². The molecule has 4 nitrogen and oxygen atoms in total. The van der Waals surface area contributed by atoms with Gasteiger partial charge in [0.1, 0.15) is 5.82 Å². The minimum atomic E-state index is -0.372. The SMILES string of the molecule is Cc1sc(N)nc1-c1cc(F)cc2c1NC(=O)C2C. The molecule has 19 heavy (non-hydrogen) atoms. The van der Waals surface area contributed by atoms with E-state index in [1.165, 1.54) is 23.5 Å². The summed E-state index contributed by atoms with van der Waals surface area (Å²) >= 11 is 1.35. The van der Waals surface area contributed by atoms with E-state index in [0.717, 1.165) is 4.88 Å². The van der Waals surface area contributed by atoms with E-state index in [-0.39, 0.29) is 17.6 Å². The van der Waals surface area contributed by atoms with Gasteiger partial charge in [0, 0.05) is 10.4 Å². The number of nitrogens with zero attached hydrogens (tertiary/aromatic N) is 1. The van der Waals surface area contributed by atoms with Crippen molar-refractivity contribution in [2.24, 2.45) is 0 Å². The topological polar surface area (TPSA) is 68.0 Å². The number of anilines is 2. The van der Waals surface area contributed by atoms with Crippen molar-refractivity contribution in [3.8, 4) is 11.3 Å². The number of benzene rings is 1. The second-order valence-electron chi connectivity index (χ2n) is 4.59. The number of aromatic nitrogens is 1. The van der Waals surface area contributed by atoms with Crippen LogP contribution in [0.4, 0.5) is 15.2 Å². The van der Waals surface area contributed by atoms with Crippen LogP contribution in [0, 0.1) is 12.7 Å². The number of nitrogen functional groups attached to an aromatic ring is 1. The number of carbonyl (C=O) groups excluding carboxylic acids is 1. The highest BCUT2D eigenvalue weighted by atomic mass is 32.1. The molecule has 1 aromatic heterocycles. The van der Waals surface area contributed by atoms with Crippen LogP contribution in [0.25, 0.3) is 11.3 Å². The van der Waals surface area contributed by atoms with Gasteiger partial charge in [-0.25, -0.2) is 9.37 Å². The van der Waals surface area contributed by atoms with Gasteiger partial charge in [-0.2, -0.15) is 0 Å². The summed E-state index contributed by atoms with van der Waals surface area (Å²) in [5, 5.41) is 3.23. The van der Waals surface area contributed by atoms with Crippen molar-refractivity contribution < 1.29 is 9.18 Å². The largest absolute Gasteiger partial charge is 0.375 e. The Kier molecular flexibility index (Phi) is 2.56. The molecular weight excluding hydrogens is 265 g/mol. The van der Waals surface area contributed by atoms with Crippen molar-refractivity contribution in [3.05, 3.63) is 28.4 Å². The standard InChI is InChI=1S/C13H12FN3OS/c1-5-8-3-7(14)4-9(11(8)16-12(5)18)10-6(2)19-13(15)17-10/h3-5H,1-2H3,(H2,15,17)(H,16,18). The van der Waals surface area contributed by atoms with Gasteiger partial charge in [-0.15, -0.1) is 11.3 Å². The molecule has 0 fully saturated rings.